The first-order valence-electron chi connectivity index (χ1n) is 13.3. The standard InChI is InChI=1S/C27H37N3O2/c1-31-21-5-4-18-14-22-26-8-6-20(30(13-9-26)19-7-11-28-15-19)25-27(26,23(18)24(21)32-25)10-12-29(22)16-17-2-3-17/h4-5,17,19-20,22,25,28H,2-3,6-16H2,1H3/t19?,20-,22-,25+,26-,27+/m1/s1. The molecule has 2 saturated carbocycles. The van der Waals surface area contributed by atoms with Gasteiger partial charge in [0.15, 0.2) is 11.5 Å². The molecule has 1 aromatic carbocycles. The van der Waals surface area contributed by atoms with E-state index < -0.39 is 0 Å². The summed E-state index contributed by atoms with van der Waals surface area (Å²) in [6, 6.07) is 6.51. The first-order chi connectivity index (χ1) is 15.7. The molecule has 5 heterocycles. The third-order valence-electron chi connectivity index (χ3n) is 10.9. The Bertz CT molecular complexity index is 956. The van der Waals surface area contributed by atoms with E-state index in [2.05, 4.69) is 27.2 Å². The molecule has 1 N–H and O–H groups in total. The van der Waals surface area contributed by atoms with Crippen LogP contribution in [-0.2, 0) is 11.8 Å². The van der Waals surface area contributed by atoms with E-state index in [4.69, 9.17) is 9.47 Å². The zero-order valence-corrected chi connectivity index (χ0v) is 19.4. The van der Waals surface area contributed by atoms with Crippen LogP contribution in [0.3, 0.4) is 0 Å². The van der Waals surface area contributed by atoms with Gasteiger partial charge in [-0.15, -0.1) is 0 Å². The van der Waals surface area contributed by atoms with Crippen molar-refractivity contribution in [1.82, 2.24) is 15.1 Å². The second-order valence-electron chi connectivity index (χ2n) is 11.9. The molecule has 0 radical (unpaired) electrons. The molecule has 5 heteroatoms. The molecule has 9 rings (SSSR count). The molecule has 2 spiro atoms. The number of methoxy groups -OCH3 is 1. The van der Waals surface area contributed by atoms with Gasteiger partial charge in [-0.05, 0) is 88.5 Å². The monoisotopic (exact) mass is 435 g/mol. The minimum atomic E-state index is 0.193. The Morgan fingerprint density at radius 3 is 2.88 bits per heavy atom. The summed E-state index contributed by atoms with van der Waals surface area (Å²) in [4.78, 5) is 5.86. The van der Waals surface area contributed by atoms with Crippen molar-refractivity contribution in [3.05, 3.63) is 23.3 Å². The van der Waals surface area contributed by atoms with E-state index in [0.717, 1.165) is 24.0 Å². The third kappa shape index (κ3) is 2.17. The number of rotatable bonds is 4. The predicted molar refractivity (Wildman–Crippen MR) is 124 cm³/mol. The number of benzene rings is 1. The average Bonchev–Trinajstić information content (AvgIpc) is 3.42. The van der Waals surface area contributed by atoms with Crippen molar-refractivity contribution in [3.8, 4) is 11.5 Å². The lowest BCUT2D eigenvalue weighted by atomic mass is 9.42. The number of likely N-dealkylation sites (tertiary alicyclic amines) is 1. The Labute approximate surface area is 191 Å². The lowest BCUT2D eigenvalue weighted by Crippen LogP contribution is -2.73. The van der Waals surface area contributed by atoms with Crippen LogP contribution in [0.1, 0.15) is 56.1 Å². The number of fused-ring (bicyclic) bond motifs is 3. The number of nitrogens with zero attached hydrogens (tertiary/aromatic N) is 2. The maximum atomic E-state index is 7.12. The highest BCUT2D eigenvalue weighted by Crippen LogP contribution is 2.72. The number of hydrogen-bond acceptors (Lipinski definition) is 5. The fourth-order valence-electron chi connectivity index (χ4n) is 9.54. The SMILES string of the molecule is COc1ccc2c3c1O[C@H]1[C@H]4CC[C@@]5(CCN4C4CCNC4)[C@@H](C2)N(CC2CC2)CC[C@]315. The molecule has 4 bridgehead atoms. The van der Waals surface area contributed by atoms with Gasteiger partial charge < -0.3 is 14.8 Å². The predicted octanol–water partition coefficient (Wildman–Crippen LogP) is 2.95. The van der Waals surface area contributed by atoms with Crippen molar-refractivity contribution in [1.29, 1.82) is 0 Å². The van der Waals surface area contributed by atoms with Gasteiger partial charge >= 0.3 is 0 Å². The summed E-state index contributed by atoms with van der Waals surface area (Å²) in [6.45, 7) is 6.19. The molecule has 3 aliphatic carbocycles. The molecular formula is C27H37N3O2. The van der Waals surface area contributed by atoms with Gasteiger partial charge in [0.05, 0.1) is 7.11 Å². The molecule has 1 unspecified atom stereocenters. The molecule has 6 atom stereocenters. The molecule has 6 fully saturated rings. The summed E-state index contributed by atoms with van der Waals surface area (Å²) in [6.07, 6.45) is 11.0. The van der Waals surface area contributed by atoms with Crippen LogP contribution in [0.4, 0.5) is 0 Å². The Kier molecular flexibility index (Phi) is 3.83. The number of hydrogen-bond donors (Lipinski definition) is 1. The number of ether oxygens (including phenoxy) is 2. The van der Waals surface area contributed by atoms with Crippen molar-refractivity contribution in [2.24, 2.45) is 11.3 Å². The minimum Gasteiger partial charge on any atom is -0.493 e. The van der Waals surface area contributed by atoms with Crippen LogP contribution in [0, 0.1) is 11.3 Å². The summed E-state index contributed by atoms with van der Waals surface area (Å²) in [7, 11) is 1.82. The van der Waals surface area contributed by atoms with E-state index in [-0.39, 0.29) is 5.41 Å². The molecule has 4 saturated heterocycles. The Morgan fingerprint density at radius 2 is 2.06 bits per heavy atom. The van der Waals surface area contributed by atoms with Crippen molar-refractivity contribution in [3.63, 3.8) is 0 Å². The maximum absolute atomic E-state index is 7.12. The molecule has 1 aromatic rings. The zero-order chi connectivity index (χ0) is 21.1. The van der Waals surface area contributed by atoms with Gasteiger partial charge in [0.25, 0.3) is 0 Å². The van der Waals surface area contributed by atoms with Crippen molar-refractivity contribution < 1.29 is 9.47 Å². The highest BCUT2D eigenvalue weighted by atomic mass is 16.5. The van der Waals surface area contributed by atoms with E-state index in [1.165, 1.54) is 77.5 Å². The van der Waals surface area contributed by atoms with E-state index in [1.807, 2.05) is 7.11 Å². The molecule has 0 amide bonds. The largest absolute Gasteiger partial charge is 0.493 e. The summed E-state index contributed by atoms with van der Waals surface area (Å²) < 4.78 is 13.0. The van der Waals surface area contributed by atoms with Crippen molar-refractivity contribution in [2.45, 2.75) is 81.0 Å². The van der Waals surface area contributed by atoms with E-state index >= 15 is 0 Å². The topological polar surface area (TPSA) is 37.0 Å². The lowest BCUT2D eigenvalue weighted by molar-refractivity contribution is -0.131. The van der Waals surface area contributed by atoms with Crippen LogP contribution in [0.15, 0.2) is 12.1 Å². The molecule has 5 aliphatic heterocycles. The van der Waals surface area contributed by atoms with Crippen molar-refractivity contribution in [2.75, 3.05) is 39.8 Å². The van der Waals surface area contributed by atoms with Crippen LogP contribution < -0.4 is 14.8 Å². The smallest absolute Gasteiger partial charge is 0.165 e. The van der Waals surface area contributed by atoms with Crippen LogP contribution >= 0.6 is 0 Å². The van der Waals surface area contributed by atoms with Gasteiger partial charge in [-0.3, -0.25) is 9.80 Å². The van der Waals surface area contributed by atoms with E-state index in [1.54, 1.807) is 11.1 Å². The molecule has 0 aromatic heterocycles. The summed E-state index contributed by atoms with van der Waals surface area (Å²) >= 11 is 0. The molecular weight excluding hydrogens is 398 g/mol. The summed E-state index contributed by atoms with van der Waals surface area (Å²) in [5.41, 5.74) is 3.72. The van der Waals surface area contributed by atoms with Gasteiger partial charge in [0.2, 0.25) is 0 Å². The second kappa shape index (κ2) is 6.43. The van der Waals surface area contributed by atoms with Gasteiger partial charge in [0, 0.05) is 47.6 Å². The van der Waals surface area contributed by atoms with Crippen LogP contribution in [-0.4, -0.2) is 73.9 Å². The third-order valence-corrected chi connectivity index (χ3v) is 10.9. The van der Waals surface area contributed by atoms with Crippen LogP contribution in [0.5, 0.6) is 11.5 Å². The number of piperidine rings is 1. The molecule has 172 valence electrons. The fourth-order valence-corrected chi connectivity index (χ4v) is 9.54. The van der Waals surface area contributed by atoms with Gasteiger partial charge in [0.1, 0.15) is 6.10 Å². The van der Waals surface area contributed by atoms with Gasteiger partial charge in [-0.2, -0.15) is 0 Å². The highest BCUT2D eigenvalue weighted by molar-refractivity contribution is 5.62. The normalized spacial score (nSPS) is 44.3. The fraction of sp³-hybridized carbons (Fsp3) is 0.778. The lowest BCUT2D eigenvalue weighted by Gasteiger charge is -2.66. The van der Waals surface area contributed by atoms with Crippen LogP contribution in [0.25, 0.3) is 0 Å². The number of nitrogens with one attached hydrogen (secondary N) is 1. The van der Waals surface area contributed by atoms with E-state index in [9.17, 15) is 0 Å². The maximum Gasteiger partial charge on any atom is 0.165 e. The second-order valence-corrected chi connectivity index (χ2v) is 11.9. The quantitative estimate of drug-likeness (QED) is 0.787. The van der Waals surface area contributed by atoms with Crippen LogP contribution in [0.2, 0.25) is 0 Å². The molecule has 5 nitrogen and oxygen atoms in total. The zero-order valence-electron chi connectivity index (χ0n) is 19.4. The average molecular weight is 436 g/mol. The van der Waals surface area contributed by atoms with Gasteiger partial charge in [-0.1, -0.05) is 6.07 Å². The molecule has 32 heavy (non-hydrogen) atoms. The Hall–Kier alpha value is -1.30. The highest BCUT2D eigenvalue weighted by Gasteiger charge is 2.74. The first kappa shape index (κ1) is 19.1. The Balaban J connectivity index is 1.32. The first-order valence-corrected chi connectivity index (χ1v) is 13.3. The van der Waals surface area contributed by atoms with E-state index in [0.29, 0.717) is 29.6 Å². The minimum absolute atomic E-state index is 0.193. The summed E-state index contributed by atoms with van der Waals surface area (Å²) in [5, 5.41) is 3.65. The van der Waals surface area contributed by atoms with Crippen molar-refractivity contribution >= 4 is 0 Å². The Morgan fingerprint density at radius 1 is 1.12 bits per heavy atom. The van der Waals surface area contributed by atoms with Gasteiger partial charge in [-0.25, -0.2) is 0 Å². The summed E-state index contributed by atoms with van der Waals surface area (Å²) in [5.74, 6) is 3.05. The molecule has 8 aliphatic rings.